The van der Waals surface area contributed by atoms with Gasteiger partial charge in [0.2, 0.25) is 0 Å². The second-order valence-electron chi connectivity index (χ2n) is 5.41. The molecule has 0 spiro atoms. The largest absolute Gasteiger partial charge is 0.386 e. The highest BCUT2D eigenvalue weighted by Gasteiger charge is 2.03. The van der Waals surface area contributed by atoms with Gasteiger partial charge in [0.1, 0.15) is 6.10 Å². The highest BCUT2D eigenvalue weighted by Crippen LogP contribution is 2.13. The molecule has 0 aliphatic heterocycles. The summed E-state index contributed by atoms with van der Waals surface area (Å²) in [4.78, 5) is 0. The van der Waals surface area contributed by atoms with E-state index < -0.39 is 6.10 Å². The summed E-state index contributed by atoms with van der Waals surface area (Å²) in [6.45, 7) is 7.08. The van der Waals surface area contributed by atoms with Crippen LogP contribution < -0.4 is 0 Å². The quantitative estimate of drug-likeness (QED) is 0.808. The van der Waals surface area contributed by atoms with Crippen molar-refractivity contribution >= 4 is 0 Å². The maximum atomic E-state index is 9.66. The molecule has 0 radical (unpaired) electrons. The first-order valence-corrected chi connectivity index (χ1v) is 6.21. The number of hydrogen-bond donors (Lipinski definition) is 1. The number of ether oxygens (including phenoxy) is 1. The van der Waals surface area contributed by atoms with Crippen LogP contribution in [0, 0.1) is 5.41 Å². The highest BCUT2D eigenvalue weighted by molar-refractivity contribution is 5.13. The van der Waals surface area contributed by atoms with Gasteiger partial charge in [-0.25, -0.2) is 0 Å². The van der Waals surface area contributed by atoms with Crippen molar-refractivity contribution in [1.82, 2.24) is 0 Å². The van der Waals surface area contributed by atoms with Gasteiger partial charge in [0.05, 0.1) is 13.2 Å². The van der Waals surface area contributed by atoms with Gasteiger partial charge in [-0.2, -0.15) is 0 Å². The fourth-order valence-electron chi connectivity index (χ4n) is 1.33. The van der Waals surface area contributed by atoms with Crippen LogP contribution >= 0.6 is 0 Å². The van der Waals surface area contributed by atoms with Crippen LogP contribution in [0.25, 0.3) is 0 Å². The minimum Gasteiger partial charge on any atom is -0.386 e. The molecule has 0 aliphatic rings. The normalized spacial score (nSPS) is 12.7. The van der Waals surface area contributed by atoms with E-state index in [0.717, 1.165) is 5.56 Å². The molecule has 0 aliphatic carbocycles. The lowest BCUT2D eigenvalue weighted by Crippen LogP contribution is -2.11. The Morgan fingerprint density at radius 2 is 1.94 bits per heavy atom. The lowest BCUT2D eigenvalue weighted by molar-refractivity contribution is 0.0504. The van der Waals surface area contributed by atoms with Gasteiger partial charge in [-0.1, -0.05) is 51.1 Å². The monoisotopic (exact) mass is 246 g/mol. The molecule has 0 fully saturated rings. The molecule has 0 saturated heterocycles. The van der Waals surface area contributed by atoms with Crippen molar-refractivity contribution in [2.24, 2.45) is 5.41 Å². The number of rotatable bonds is 5. The van der Waals surface area contributed by atoms with Crippen molar-refractivity contribution in [3.63, 3.8) is 0 Å². The summed E-state index contributed by atoms with van der Waals surface area (Å²) in [5.74, 6) is 0. The van der Waals surface area contributed by atoms with Gasteiger partial charge < -0.3 is 9.84 Å². The Hall–Kier alpha value is -1.34. The van der Waals surface area contributed by atoms with Crippen molar-refractivity contribution in [3.8, 4) is 0 Å². The molecular formula is C16H22O2. The Labute approximate surface area is 110 Å². The van der Waals surface area contributed by atoms with Crippen LogP contribution in [0.15, 0.2) is 48.2 Å². The van der Waals surface area contributed by atoms with E-state index in [9.17, 15) is 5.11 Å². The van der Waals surface area contributed by atoms with Crippen LogP contribution in [0.2, 0.25) is 0 Å². The van der Waals surface area contributed by atoms with Crippen LogP contribution in [0.1, 0.15) is 26.3 Å². The minimum atomic E-state index is -0.604. The molecule has 1 atom stereocenters. The molecule has 0 saturated carbocycles. The Bertz CT molecular complexity index is 395. The first kappa shape index (κ1) is 14.7. The Morgan fingerprint density at radius 3 is 2.56 bits per heavy atom. The molecule has 1 aromatic carbocycles. The lowest BCUT2D eigenvalue weighted by atomic mass is 9.97. The van der Waals surface area contributed by atoms with Gasteiger partial charge in [0, 0.05) is 0 Å². The van der Waals surface area contributed by atoms with Gasteiger partial charge in [0.15, 0.2) is 0 Å². The average molecular weight is 246 g/mol. The summed E-state index contributed by atoms with van der Waals surface area (Å²) in [5.41, 5.74) is 4.19. The Morgan fingerprint density at radius 1 is 1.28 bits per heavy atom. The van der Waals surface area contributed by atoms with Gasteiger partial charge in [-0.15, -0.1) is 5.73 Å². The third-order valence-electron chi connectivity index (χ3n) is 2.21. The number of aliphatic hydroxyl groups excluding tert-OH is 1. The van der Waals surface area contributed by atoms with E-state index in [1.807, 2.05) is 36.4 Å². The summed E-state index contributed by atoms with van der Waals surface area (Å²) in [6, 6.07) is 9.92. The zero-order valence-corrected chi connectivity index (χ0v) is 11.4. The van der Waals surface area contributed by atoms with E-state index in [1.54, 1.807) is 6.08 Å². The average Bonchev–Trinajstić information content (AvgIpc) is 2.28. The van der Waals surface area contributed by atoms with Gasteiger partial charge in [-0.05, 0) is 23.1 Å². The first-order chi connectivity index (χ1) is 8.47. The summed E-state index contributed by atoms with van der Waals surface area (Å²) in [7, 11) is 0. The number of aliphatic hydroxyl groups is 1. The van der Waals surface area contributed by atoms with E-state index in [1.165, 1.54) is 0 Å². The molecule has 0 heterocycles. The third-order valence-corrected chi connectivity index (χ3v) is 2.21. The van der Waals surface area contributed by atoms with Crippen LogP contribution in [0.3, 0.4) is 0 Å². The van der Waals surface area contributed by atoms with Crippen molar-refractivity contribution in [3.05, 3.63) is 53.8 Å². The summed E-state index contributed by atoms with van der Waals surface area (Å²) < 4.78 is 5.43. The molecule has 2 heteroatoms. The fourth-order valence-corrected chi connectivity index (χ4v) is 1.33. The molecule has 1 N–H and O–H groups in total. The van der Waals surface area contributed by atoms with Gasteiger partial charge in [0.25, 0.3) is 0 Å². The zero-order chi connectivity index (χ0) is 13.4. The van der Waals surface area contributed by atoms with Crippen molar-refractivity contribution in [2.45, 2.75) is 33.5 Å². The van der Waals surface area contributed by atoms with E-state index in [0.29, 0.717) is 13.2 Å². The van der Waals surface area contributed by atoms with E-state index in [-0.39, 0.29) is 5.41 Å². The highest BCUT2D eigenvalue weighted by atomic mass is 16.5. The van der Waals surface area contributed by atoms with Crippen molar-refractivity contribution in [2.75, 3.05) is 6.61 Å². The summed E-state index contributed by atoms with van der Waals surface area (Å²) in [6.07, 6.45) is 2.97. The van der Waals surface area contributed by atoms with E-state index in [4.69, 9.17) is 4.74 Å². The summed E-state index contributed by atoms with van der Waals surface area (Å²) in [5, 5.41) is 9.66. The third kappa shape index (κ3) is 7.08. The minimum absolute atomic E-state index is 0.0844. The maximum Gasteiger partial charge on any atom is 0.103 e. The van der Waals surface area contributed by atoms with Crippen LogP contribution in [-0.4, -0.2) is 17.8 Å². The zero-order valence-electron chi connectivity index (χ0n) is 11.4. The van der Waals surface area contributed by atoms with Crippen molar-refractivity contribution in [1.29, 1.82) is 0 Å². The lowest BCUT2D eigenvalue weighted by Gasteiger charge is -2.09. The Kier molecular flexibility index (Phi) is 5.87. The molecular weight excluding hydrogens is 224 g/mol. The van der Waals surface area contributed by atoms with Gasteiger partial charge in [-0.3, -0.25) is 0 Å². The van der Waals surface area contributed by atoms with Crippen LogP contribution in [-0.2, 0) is 11.3 Å². The summed E-state index contributed by atoms with van der Waals surface area (Å²) >= 11 is 0. The predicted octanol–water partition coefficient (Wildman–Crippen LogP) is 3.32. The van der Waals surface area contributed by atoms with Crippen molar-refractivity contribution < 1.29 is 9.84 Å². The second-order valence-corrected chi connectivity index (χ2v) is 5.41. The van der Waals surface area contributed by atoms with E-state index in [2.05, 4.69) is 26.5 Å². The molecule has 0 unspecified atom stereocenters. The van der Waals surface area contributed by atoms with Crippen LogP contribution in [0.4, 0.5) is 0 Å². The molecule has 1 rings (SSSR count). The molecule has 2 nitrogen and oxygen atoms in total. The second kappa shape index (κ2) is 7.17. The predicted molar refractivity (Wildman–Crippen MR) is 74.2 cm³/mol. The Balaban J connectivity index is 2.30. The molecule has 0 aromatic heterocycles. The fraction of sp³-hybridized carbons (Fsp3) is 0.438. The molecule has 18 heavy (non-hydrogen) atoms. The van der Waals surface area contributed by atoms with Gasteiger partial charge >= 0.3 is 0 Å². The van der Waals surface area contributed by atoms with E-state index >= 15 is 0 Å². The first-order valence-electron chi connectivity index (χ1n) is 6.21. The standard InChI is InChI=1S/C16H22O2/c1-16(2,3)11-7-10-15(17)13-18-12-14-8-5-4-6-9-14/h4-6,8-11,15,17H,12-13H2,1-3H3/t7?,15-/m1/s1. The molecule has 1 aromatic rings. The molecule has 0 bridgehead atoms. The maximum absolute atomic E-state index is 9.66. The topological polar surface area (TPSA) is 29.5 Å². The van der Waals surface area contributed by atoms with Crippen LogP contribution in [0.5, 0.6) is 0 Å². The number of benzene rings is 1. The smallest absolute Gasteiger partial charge is 0.103 e. The number of hydrogen-bond acceptors (Lipinski definition) is 2. The SMILES string of the molecule is CC(C)(C)C=C=C[C@@H](O)COCc1ccccc1. The molecule has 0 amide bonds. The molecule has 98 valence electrons.